The van der Waals surface area contributed by atoms with Crippen LogP contribution in [0.15, 0.2) is 12.2 Å². The largest absolute Gasteiger partial charge is 0.381 e. The zero-order valence-corrected chi connectivity index (χ0v) is 8.81. The summed E-state index contributed by atoms with van der Waals surface area (Å²) in [7, 11) is 1.81. The highest BCUT2D eigenvalue weighted by Gasteiger charge is 2.23. The molecule has 1 saturated carbocycles. The molecule has 0 saturated heterocycles. The Hall–Kier alpha value is -0.340. The van der Waals surface area contributed by atoms with Crippen molar-refractivity contribution in [2.24, 2.45) is 0 Å². The van der Waals surface area contributed by atoms with Gasteiger partial charge in [0.2, 0.25) is 0 Å². The first-order chi connectivity index (χ1) is 6.22. The van der Waals surface area contributed by atoms with Gasteiger partial charge in [0.05, 0.1) is 6.10 Å². The van der Waals surface area contributed by atoms with E-state index in [9.17, 15) is 0 Å². The van der Waals surface area contributed by atoms with E-state index < -0.39 is 0 Å². The fourth-order valence-corrected chi connectivity index (χ4v) is 1.83. The molecular formula is C11H21NO. The zero-order chi connectivity index (χ0) is 9.68. The quantitative estimate of drug-likeness (QED) is 0.659. The van der Waals surface area contributed by atoms with Crippen LogP contribution in [-0.4, -0.2) is 25.8 Å². The van der Waals surface area contributed by atoms with E-state index in [1.807, 2.05) is 0 Å². The van der Waals surface area contributed by atoms with Crippen LogP contribution in [0.25, 0.3) is 0 Å². The lowest BCUT2D eigenvalue weighted by atomic mass is 10.2. The topological polar surface area (TPSA) is 21.3 Å². The average molecular weight is 183 g/mol. The van der Waals surface area contributed by atoms with Crippen LogP contribution in [0.2, 0.25) is 0 Å². The molecule has 2 atom stereocenters. The van der Waals surface area contributed by atoms with E-state index in [1.54, 1.807) is 7.11 Å². The Balaban J connectivity index is 2.07. The van der Waals surface area contributed by atoms with E-state index in [2.05, 4.69) is 18.8 Å². The molecule has 0 spiro atoms. The van der Waals surface area contributed by atoms with Crippen LogP contribution >= 0.6 is 0 Å². The second kappa shape index (κ2) is 5.40. The van der Waals surface area contributed by atoms with Gasteiger partial charge in [-0.05, 0) is 39.2 Å². The first-order valence-corrected chi connectivity index (χ1v) is 5.13. The molecule has 0 aromatic rings. The van der Waals surface area contributed by atoms with Gasteiger partial charge in [0.15, 0.2) is 0 Å². The van der Waals surface area contributed by atoms with Gasteiger partial charge in [-0.1, -0.05) is 5.57 Å². The molecule has 1 rings (SSSR count). The van der Waals surface area contributed by atoms with Crippen LogP contribution in [0.5, 0.6) is 0 Å². The van der Waals surface area contributed by atoms with Crippen molar-refractivity contribution in [3.05, 3.63) is 12.2 Å². The Morgan fingerprint density at radius 3 is 2.85 bits per heavy atom. The van der Waals surface area contributed by atoms with Gasteiger partial charge in [0.25, 0.3) is 0 Å². The Morgan fingerprint density at radius 1 is 1.54 bits per heavy atom. The van der Waals surface area contributed by atoms with Crippen molar-refractivity contribution in [1.82, 2.24) is 5.32 Å². The third-order valence-corrected chi connectivity index (χ3v) is 2.70. The smallest absolute Gasteiger partial charge is 0.0586 e. The molecule has 13 heavy (non-hydrogen) atoms. The highest BCUT2D eigenvalue weighted by molar-refractivity contribution is 4.89. The highest BCUT2D eigenvalue weighted by atomic mass is 16.5. The molecule has 0 aromatic carbocycles. The van der Waals surface area contributed by atoms with Crippen molar-refractivity contribution in [1.29, 1.82) is 0 Å². The fourth-order valence-electron chi connectivity index (χ4n) is 1.83. The Kier molecular flexibility index (Phi) is 4.46. The molecule has 76 valence electrons. The van der Waals surface area contributed by atoms with Gasteiger partial charge in [0, 0.05) is 13.2 Å². The standard InChI is InChI=1S/C11H21NO/c1-9(2)6-7-12-10-4-5-11(8-10)13-3/h10-12H,1,4-8H2,2-3H3. The van der Waals surface area contributed by atoms with Crippen molar-refractivity contribution in [2.45, 2.75) is 44.8 Å². The van der Waals surface area contributed by atoms with Crippen LogP contribution in [0.3, 0.4) is 0 Å². The molecular weight excluding hydrogens is 162 g/mol. The Morgan fingerprint density at radius 2 is 2.31 bits per heavy atom. The third-order valence-electron chi connectivity index (χ3n) is 2.70. The van der Waals surface area contributed by atoms with Crippen molar-refractivity contribution in [3.8, 4) is 0 Å². The van der Waals surface area contributed by atoms with Crippen molar-refractivity contribution in [3.63, 3.8) is 0 Å². The van der Waals surface area contributed by atoms with Gasteiger partial charge in [-0.15, -0.1) is 6.58 Å². The minimum Gasteiger partial charge on any atom is -0.381 e. The number of rotatable bonds is 5. The number of ether oxygens (including phenoxy) is 1. The predicted octanol–water partition coefficient (Wildman–Crippen LogP) is 2.11. The van der Waals surface area contributed by atoms with Crippen LogP contribution in [0.4, 0.5) is 0 Å². The molecule has 2 nitrogen and oxygen atoms in total. The lowest BCUT2D eigenvalue weighted by Crippen LogP contribution is -2.28. The zero-order valence-electron chi connectivity index (χ0n) is 8.81. The molecule has 1 fully saturated rings. The maximum Gasteiger partial charge on any atom is 0.0586 e. The molecule has 1 N–H and O–H groups in total. The van der Waals surface area contributed by atoms with Gasteiger partial charge in [-0.3, -0.25) is 0 Å². The SMILES string of the molecule is C=C(C)CCNC1CCC(OC)C1. The summed E-state index contributed by atoms with van der Waals surface area (Å²) < 4.78 is 5.31. The highest BCUT2D eigenvalue weighted by Crippen LogP contribution is 2.21. The molecule has 1 aliphatic carbocycles. The summed E-state index contributed by atoms with van der Waals surface area (Å²) in [6, 6.07) is 0.671. The summed E-state index contributed by atoms with van der Waals surface area (Å²) in [5, 5.41) is 3.54. The second-order valence-electron chi connectivity index (χ2n) is 4.03. The first kappa shape index (κ1) is 10.7. The van der Waals surface area contributed by atoms with Crippen LogP contribution in [0, 0.1) is 0 Å². The molecule has 0 amide bonds. The monoisotopic (exact) mass is 183 g/mol. The maximum absolute atomic E-state index is 5.31. The van der Waals surface area contributed by atoms with Crippen molar-refractivity contribution in [2.75, 3.05) is 13.7 Å². The first-order valence-electron chi connectivity index (χ1n) is 5.13. The van der Waals surface area contributed by atoms with Crippen molar-refractivity contribution >= 4 is 0 Å². The van der Waals surface area contributed by atoms with Gasteiger partial charge in [-0.25, -0.2) is 0 Å². The van der Waals surface area contributed by atoms with Crippen LogP contribution in [0.1, 0.15) is 32.6 Å². The average Bonchev–Trinajstić information content (AvgIpc) is 2.52. The summed E-state index contributed by atoms with van der Waals surface area (Å²) in [6.45, 7) is 7.03. The van der Waals surface area contributed by atoms with E-state index in [-0.39, 0.29) is 0 Å². The van der Waals surface area contributed by atoms with Crippen LogP contribution in [-0.2, 0) is 4.74 Å². The number of nitrogens with one attached hydrogen (secondary N) is 1. The summed E-state index contributed by atoms with van der Waals surface area (Å²) in [6.07, 6.45) is 5.22. The van der Waals surface area contributed by atoms with E-state index in [0.29, 0.717) is 12.1 Å². The number of methoxy groups -OCH3 is 1. The normalized spacial score (nSPS) is 27.8. The minimum atomic E-state index is 0.488. The number of hydrogen-bond acceptors (Lipinski definition) is 2. The van der Waals surface area contributed by atoms with Crippen LogP contribution < -0.4 is 5.32 Å². The van der Waals surface area contributed by atoms with E-state index >= 15 is 0 Å². The minimum absolute atomic E-state index is 0.488. The summed E-state index contributed by atoms with van der Waals surface area (Å²) in [4.78, 5) is 0. The number of hydrogen-bond donors (Lipinski definition) is 1. The molecule has 2 heteroatoms. The fraction of sp³-hybridized carbons (Fsp3) is 0.818. The summed E-state index contributed by atoms with van der Waals surface area (Å²) in [5.74, 6) is 0. The van der Waals surface area contributed by atoms with E-state index in [4.69, 9.17) is 4.74 Å². The predicted molar refractivity (Wildman–Crippen MR) is 55.9 cm³/mol. The van der Waals surface area contributed by atoms with Gasteiger partial charge < -0.3 is 10.1 Å². The molecule has 0 heterocycles. The second-order valence-corrected chi connectivity index (χ2v) is 4.03. The molecule has 0 radical (unpaired) electrons. The molecule has 0 aromatic heterocycles. The van der Waals surface area contributed by atoms with Crippen molar-refractivity contribution < 1.29 is 4.74 Å². The molecule has 0 aliphatic heterocycles. The lowest BCUT2D eigenvalue weighted by molar-refractivity contribution is 0.107. The maximum atomic E-state index is 5.31. The summed E-state index contributed by atoms with van der Waals surface area (Å²) in [5.41, 5.74) is 1.26. The molecule has 2 unspecified atom stereocenters. The Labute approximate surface area is 81.4 Å². The van der Waals surface area contributed by atoms with Gasteiger partial charge in [0.1, 0.15) is 0 Å². The van der Waals surface area contributed by atoms with Gasteiger partial charge >= 0.3 is 0 Å². The summed E-state index contributed by atoms with van der Waals surface area (Å²) >= 11 is 0. The van der Waals surface area contributed by atoms with E-state index in [0.717, 1.165) is 13.0 Å². The van der Waals surface area contributed by atoms with E-state index in [1.165, 1.54) is 24.8 Å². The molecule has 0 bridgehead atoms. The Bertz CT molecular complexity index is 167. The molecule has 1 aliphatic rings. The van der Waals surface area contributed by atoms with Gasteiger partial charge in [-0.2, -0.15) is 0 Å². The third kappa shape index (κ3) is 3.92. The lowest BCUT2D eigenvalue weighted by Gasteiger charge is -2.12.